The van der Waals surface area contributed by atoms with E-state index < -0.39 is 0 Å². The highest BCUT2D eigenvalue weighted by Gasteiger charge is 2.24. The Balaban J connectivity index is 1.36. The van der Waals surface area contributed by atoms with Gasteiger partial charge < -0.3 is 19.9 Å². The van der Waals surface area contributed by atoms with Crippen LogP contribution in [0.4, 0.5) is 0 Å². The monoisotopic (exact) mass is 559 g/mol. The third-order valence-corrected chi connectivity index (χ3v) is 7.38. The molecule has 1 aliphatic rings. The van der Waals surface area contributed by atoms with Gasteiger partial charge in [-0.2, -0.15) is 0 Å². The van der Waals surface area contributed by atoms with E-state index in [0.29, 0.717) is 36.0 Å². The van der Waals surface area contributed by atoms with Crippen molar-refractivity contribution in [2.24, 2.45) is 5.92 Å². The average Bonchev–Trinajstić information content (AvgIpc) is 3.11. The van der Waals surface area contributed by atoms with E-state index in [1.165, 1.54) is 29.4 Å². The molecule has 0 radical (unpaired) electrons. The van der Waals surface area contributed by atoms with Gasteiger partial charge in [0.15, 0.2) is 5.88 Å². The fourth-order valence-corrected chi connectivity index (χ4v) is 5.58. The first kappa shape index (κ1) is 24.1. The summed E-state index contributed by atoms with van der Waals surface area (Å²) in [6, 6.07) is 14.5. The number of amides is 1. The van der Waals surface area contributed by atoms with Crippen molar-refractivity contribution in [1.29, 1.82) is 0 Å². The van der Waals surface area contributed by atoms with Gasteiger partial charge in [-0.15, -0.1) is 0 Å². The van der Waals surface area contributed by atoms with E-state index in [4.69, 9.17) is 0 Å². The van der Waals surface area contributed by atoms with E-state index >= 15 is 0 Å². The standard InChI is InChI=1S/C27H34IN3O2/c1-19(2)25-9-3-4-13-30(25)14-6-12-29-26(32)21-10-11-22-18-31(27(33)24(22)16-21)17-20-7-5-8-23(28)15-20/h5,7-8,10-11,15-16,18-19,25,33H,3-4,6,9,12-14,17H2,1-2H3,(H,29,32). The molecule has 1 unspecified atom stereocenters. The van der Waals surface area contributed by atoms with Crippen molar-refractivity contribution in [1.82, 2.24) is 14.8 Å². The number of aromatic hydroxyl groups is 1. The van der Waals surface area contributed by atoms with Crippen LogP contribution in [0, 0.1) is 9.49 Å². The third-order valence-electron chi connectivity index (χ3n) is 6.71. The van der Waals surface area contributed by atoms with Gasteiger partial charge in [0.2, 0.25) is 0 Å². The summed E-state index contributed by atoms with van der Waals surface area (Å²) < 4.78 is 3.00. The zero-order valence-corrected chi connectivity index (χ0v) is 21.7. The second kappa shape index (κ2) is 10.9. The number of nitrogens with zero attached hydrogens (tertiary/aromatic N) is 2. The van der Waals surface area contributed by atoms with E-state index in [2.05, 4.69) is 64.9 Å². The molecule has 2 N–H and O–H groups in total. The highest BCUT2D eigenvalue weighted by molar-refractivity contribution is 14.1. The van der Waals surface area contributed by atoms with Gasteiger partial charge in [-0.05, 0) is 84.1 Å². The van der Waals surface area contributed by atoms with Gasteiger partial charge in [-0.3, -0.25) is 4.79 Å². The number of hydrogen-bond acceptors (Lipinski definition) is 3. The van der Waals surface area contributed by atoms with Crippen LogP contribution in [-0.4, -0.2) is 46.2 Å². The number of likely N-dealkylation sites (tertiary alicyclic amines) is 1. The highest BCUT2D eigenvalue weighted by atomic mass is 127. The summed E-state index contributed by atoms with van der Waals surface area (Å²) in [6.45, 7) is 8.08. The average molecular weight is 559 g/mol. The number of hydrogen-bond donors (Lipinski definition) is 2. The van der Waals surface area contributed by atoms with Crippen LogP contribution >= 0.6 is 22.6 Å². The molecule has 0 bridgehead atoms. The minimum atomic E-state index is -0.0827. The lowest BCUT2D eigenvalue weighted by atomic mass is 9.92. The van der Waals surface area contributed by atoms with Crippen molar-refractivity contribution in [3.8, 4) is 5.88 Å². The third kappa shape index (κ3) is 5.90. The molecule has 0 saturated carbocycles. The topological polar surface area (TPSA) is 57.5 Å². The number of aromatic nitrogens is 1. The summed E-state index contributed by atoms with van der Waals surface area (Å²) >= 11 is 2.29. The number of nitrogens with one attached hydrogen (secondary N) is 1. The molecule has 1 fully saturated rings. The van der Waals surface area contributed by atoms with Crippen molar-refractivity contribution in [2.45, 2.75) is 52.1 Å². The van der Waals surface area contributed by atoms with Crippen molar-refractivity contribution in [3.63, 3.8) is 0 Å². The van der Waals surface area contributed by atoms with E-state index in [9.17, 15) is 9.90 Å². The molecule has 1 saturated heterocycles. The van der Waals surface area contributed by atoms with Gasteiger partial charge in [0, 0.05) is 45.2 Å². The van der Waals surface area contributed by atoms with Crippen LogP contribution in [0.5, 0.6) is 5.88 Å². The summed E-state index contributed by atoms with van der Waals surface area (Å²) in [5.74, 6) is 0.793. The van der Waals surface area contributed by atoms with E-state index in [0.717, 1.165) is 23.9 Å². The summed E-state index contributed by atoms with van der Waals surface area (Å²) in [5, 5.41) is 15.5. The van der Waals surface area contributed by atoms with E-state index in [-0.39, 0.29) is 11.8 Å². The molecule has 1 aliphatic heterocycles. The Labute approximate surface area is 210 Å². The normalized spacial score (nSPS) is 17.0. The van der Waals surface area contributed by atoms with Crippen LogP contribution < -0.4 is 5.32 Å². The van der Waals surface area contributed by atoms with Gasteiger partial charge >= 0.3 is 0 Å². The Morgan fingerprint density at radius 1 is 1.21 bits per heavy atom. The predicted molar refractivity (Wildman–Crippen MR) is 143 cm³/mol. The zero-order chi connectivity index (χ0) is 23.4. The van der Waals surface area contributed by atoms with Crippen LogP contribution in [0.25, 0.3) is 10.8 Å². The molecule has 3 aromatic rings. The lowest BCUT2D eigenvalue weighted by Crippen LogP contribution is -2.43. The van der Waals surface area contributed by atoms with Gasteiger partial charge in [0.1, 0.15) is 0 Å². The fourth-order valence-electron chi connectivity index (χ4n) is 4.98. The van der Waals surface area contributed by atoms with Crippen LogP contribution in [0.3, 0.4) is 0 Å². The lowest BCUT2D eigenvalue weighted by molar-refractivity contribution is 0.0937. The largest absolute Gasteiger partial charge is 0.494 e. The van der Waals surface area contributed by atoms with Crippen LogP contribution in [-0.2, 0) is 6.54 Å². The summed E-state index contributed by atoms with van der Waals surface area (Å²) in [7, 11) is 0. The van der Waals surface area contributed by atoms with Crippen molar-refractivity contribution >= 4 is 39.3 Å². The molecule has 0 spiro atoms. The summed E-state index contributed by atoms with van der Waals surface area (Å²) in [4.78, 5) is 15.3. The number of carbonyl (C=O) groups excluding carboxylic acids is 1. The van der Waals surface area contributed by atoms with E-state index in [1.54, 1.807) is 6.07 Å². The Hall–Kier alpha value is -2.06. The van der Waals surface area contributed by atoms with Crippen LogP contribution in [0.2, 0.25) is 0 Å². The predicted octanol–water partition coefficient (Wildman–Crippen LogP) is 5.63. The Morgan fingerprint density at radius 3 is 2.85 bits per heavy atom. The van der Waals surface area contributed by atoms with Crippen molar-refractivity contribution in [3.05, 3.63) is 63.4 Å². The zero-order valence-electron chi connectivity index (χ0n) is 19.6. The first-order valence-electron chi connectivity index (χ1n) is 12.0. The van der Waals surface area contributed by atoms with E-state index in [1.807, 2.05) is 29.0 Å². The Morgan fingerprint density at radius 2 is 2.06 bits per heavy atom. The molecule has 5 nitrogen and oxygen atoms in total. The molecule has 2 heterocycles. The molecular formula is C27H34IN3O2. The minimum Gasteiger partial charge on any atom is -0.494 e. The minimum absolute atomic E-state index is 0.0827. The molecule has 1 aromatic heterocycles. The number of halogens is 1. The molecule has 1 amide bonds. The highest BCUT2D eigenvalue weighted by Crippen LogP contribution is 2.29. The quantitative estimate of drug-likeness (QED) is 0.278. The molecule has 33 heavy (non-hydrogen) atoms. The maximum Gasteiger partial charge on any atom is 0.251 e. The van der Waals surface area contributed by atoms with Gasteiger partial charge in [0.25, 0.3) is 5.91 Å². The second-order valence-electron chi connectivity index (χ2n) is 9.47. The van der Waals surface area contributed by atoms with Gasteiger partial charge in [-0.1, -0.05) is 38.5 Å². The maximum atomic E-state index is 12.7. The van der Waals surface area contributed by atoms with Gasteiger partial charge in [-0.25, -0.2) is 0 Å². The summed E-state index contributed by atoms with van der Waals surface area (Å²) in [5.41, 5.74) is 1.71. The SMILES string of the molecule is CC(C)C1CCCCN1CCCNC(=O)c1ccc2cn(Cc3cccc(I)c3)c(O)c2c1. The molecular weight excluding hydrogens is 525 g/mol. The first-order chi connectivity index (χ1) is 15.9. The Bertz CT molecular complexity index is 1110. The van der Waals surface area contributed by atoms with Crippen molar-refractivity contribution < 1.29 is 9.90 Å². The number of fused-ring (bicyclic) bond motifs is 1. The second-order valence-corrected chi connectivity index (χ2v) is 10.7. The molecule has 4 rings (SSSR count). The number of rotatable bonds is 8. The Kier molecular flexibility index (Phi) is 7.96. The first-order valence-corrected chi connectivity index (χ1v) is 13.1. The maximum absolute atomic E-state index is 12.7. The molecule has 6 heteroatoms. The number of benzene rings is 2. The van der Waals surface area contributed by atoms with Gasteiger partial charge in [0.05, 0.1) is 6.54 Å². The molecule has 1 atom stereocenters. The smallest absolute Gasteiger partial charge is 0.251 e. The molecule has 0 aliphatic carbocycles. The number of piperidine rings is 1. The fraction of sp³-hybridized carbons (Fsp3) is 0.444. The summed E-state index contributed by atoms with van der Waals surface area (Å²) in [6.07, 6.45) is 6.79. The lowest BCUT2D eigenvalue weighted by Gasteiger charge is -2.38. The van der Waals surface area contributed by atoms with Crippen LogP contribution in [0.1, 0.15) is 55.5 Å². The molecule has 2 aromatic carbocycles. The number of carbonyl (C=O) groups is 1. The van der Waals surface area contributed by atoms with Crippen LogP contribution in [0.15, 0.2) is 48.7 Å². The molecule has 176 valence electrons. The van der Waals surface area contributed by atoms with Crippen molar-refractivity contribution in [2.75, 3.05) is 19.6 Å².